The molecule has 5 aromatic carbocycles. The van der Waals surface area contributed by atoms with Crippen molar-refractivity contribution in [1.29, 1.82) is 0 Å². The van der Waals surface area contributed by atoms with Crippen LogP contribution in [0.25, 0.3) is 55.6 Å². The third kappa shape index (κ3) is 3.15. The molecule has 0 aliphatic carbocycles. The van der Waals surface area contributed by atoms with E-state index in [2.05, 4.69) is 36.4 Å². The molecule has 0 aliphatic heterocycles. The second-order valence-corrected chi connectivity index (χ2v) is 7.78. The molecule has 0 N–H and O–H groups in total. The van der Waals surface area contributed by atoms with Gasteiger partial charge in [0.15, 0.2) is 5.58 Å². The first kappa shape index (κ1) is 18.5. The fourth-order valence-electron chi connectivity index (χ4n) is 4.26. The maximum Gasteiger partial charge on any atom is 0.227 e. The summed E-state index contributed by atoms with van der Waals surface area (Å²) >= 11 is 0. The Kier molecular flexibility index (Phi) is 4.32. The molecule has 0 saturated heterocycles. The van der Waals surface area contributed by atoms with Crippen molar-refractivity contribution < 1.29 is 8.81 Å². The molecule has 0 saturated carbocycles. The summed E-state index contributed by atoms with van der Waals surface area (Å²) < 4.78 is 19.8. The number of nitrogens with zero attached hydrogens (tertiary/aromatic N) is 1. The van der Waals surface area contributed by atoms with Crippen molar-refractivity contribution in [2.45, 2.75) is 0 Å². The van der Waals surface area contributed by atoms with Crippen molar-refractivity contribution in [3.05, 3.63) is 115 Å². The molecule has 6 aromatic rings. The first-order valence-electron chi connectivity index (χ1n) is 10.5. The molecule has 2 nitrogen and oxygen atoms in total. The topological polar surface area (TPSA) is 26.0 Å². The van der Waals surface area contributed by atoms with Gasteiger partial charge in [0.25, 0.3) is 0 Å². The third-order valence-electron chi connectivity index (χ3n) is 5.78. The second kappa shape index (κ2) is 7.47. The molecule has 152 valence electrons. The molecule has 32 heavy (non-hydrogen) atoms. The fourth-order valence-corrected chi connectivity index (χ4v) is 4.26. The van der Waals surface area contributed by atoms with Gasteiger partial charge in [0.1, 0.15) is 11.3 Å². The van der Waals surface area contributed by atoms with Crippen LogP contribution in [0, 0.1) is 5.82 Å². The molecule has 6 rings (SSSR count). The van der Waals surface area contributed by atoms with Crippen LogP contribution in [-0.4, -0.2) is 4.98 Å². The highest BCUT2D eigenvalue weighted by Crippen LogP contribution is 2.37. The number of fused-ring (bicyclic) bond motifs is 2. The lowest BCUT2D eigenvalue weighted by molar-refractivity contribution is 0.620. The van der Waals surface area contributed by atoms with Crippen LogP contribution in [0.5, 0.6) is 0 Å². The Labute approximate surface area is 184 Å². The summed E-state index contributed by atoms with van der Waals surface area (Å²) in [7, 11) is 0. The molecule has 0 atom stereocenters. The molecule has 1 heterocycles. The highest BCUT2D eigenvalue weighted by molar-refractivity contribution is 6.04. The van der Waals surface area contributed by atoms with Gasteiger partial charge in [-0.3, -0.25) is 0 Å². The fraction of sp³-hybridized carbons (Fsp3) is 0. The van der Waals surface area contributed by atoms with Crippen molar-refractivity contribution in [2.24, 2.45) is 0 Å². The van der Waals surface area contributed by atoms with Crippen molar-refractivity contribution in [1.82, 2.24) is 4.98 Å². The van der Waals surface area contributed by atoms with Crippen LogP contribution >= 0.6 is 0 Å². The smallest absolute Gasteiger partial charge is 0.227 e. The van der Waals surface area contributed by atoms with Crippen LogP contribution in [0.3, 0.4) is 0 Å². The Balaban J connectivity index is 1.52. The molecular formula is C29H18FNO. The number of hydrogen-bond acceptors (Lipinski definition) is 2. The minimum Gasteiger partial charge on any atom is -0.436 e. The van der Waals surface area contributed by atoms with Crippen LogP contribution in [0.1, 0.15) is 0 Å². The largest absolute Gasteiger partial charge is 0.436 e. The zero-order valence-electron chi connectivity index (χ0n) is 17.1. The Hall–Kier alpha value is -4.24. The molecule has 0 bridgehead atoms. The minimum absolute atomic E-state index is 0.235. The number of benzene rings is 5. The lowest BCUT2D eigenvalue weighted by Gasteiger charge is -2.11. The van der Waals surface area contributed by atoms with Crippen molar-refractivity contribution in [2.75, 3.05) is 0 Å². The molecular weight excluding hydrogens is 397 g/mol. The van der Waals surface area contributed by atoms with E-state index >= 15 is 0 Å². The Bertz CT molecular complexity index is 1570. The van der Waals surface area contributed by atoms with Crippen LogP contribution in [0.15, 0.2) is 114 Å². The van der Waals surface area contributed by atoms with Gasteiger partial charge in [0, 0.05) is 5.56 Å². The van der Waals surface area contributed by atoms with Gasteiger partial charge in [-0.25, -0.2) is 9.37 Å². The highest BCUT2D eigenvalue weighted by atomic mass is 19.1. The lowest BCUT2D eigenvalue weighted by Crippen LogP contribution is -1.87. The van der Waals surface area contributed by atoms with Crippen molar-refractivity contribution in [3.63, 3.8) is 0 Å². The molecule has 0 fully saturated rings. The summed E-state index contributed by atoms with van der Waals surface area (Å²) in [6.07, 6.45) is 0. The average molecular weight is 415 g/mol. The number of para-hydroxylation sites is 2. The predicted molar refractivity (Wildman–Crippen MR) is 128 cm³/mol. The van der Waals surface area contributed by atoms with Gasteiger partial charge in [0.05, 0.1) is 0 Å². The maximum atomic E-state index is 13.8. The zero-order valence-corrected chi connectivity index (χ0v) is 17.1. The highest BCUT2D eigenvalue weighted by Gasteiger charge is 2.14. The van der Waals surface area contributed by atoms with E-state index in [0.717, 1.165) is 49.7 Å². The summed E-state index contributed by atoms with van der Waals surface area (Å²) in [5.41, 5.74) is 6.61. The molecule has 0 amide bonds. The Morgan fingerprint density at radius 3 is 2.03 bits per heavy atom. The SMILES string of the molecule is Fc1cccc(-c2cccc(-c3ccc(-c4nc5ccccc5o4)c4ccccc34)c2)c1. The number of halogens is 1. The maximum absolute atomic E-state index is 13.8. The van der Waals surface area contributed by atoms with Crippen LogP contribution in [0.4, 0.5) is 4.39 Å². The van der Waals surface area contributed by atoms with Gasteiger partial charge >= 0.3 is 0 Å². The van der Waals surface area contributed by atoms with Gasteiger partial charge in [-0.2, -0.15) is 0 Å². The summed E-state index contributed by atoms with van der Waals surface area (Å²) in [5, 5.41) is 2.19. The number of hydrogen-bond donors (Lipinski definition) is 0. The first-order chi connectivity index (χ1) is 15.8. The normalized spacial score (nSPS) is 11.3. The van der Waals surface area contributed by atoms with Crippen LogP contribution in [-0.2, 0) is 0 Å². The van der Waals surface area contributed by atoms with Crippen LogP contribution < -0.4 is 0 Å². The van der Waals surface area contributed by atoms with E-state index in [-0.39, 0.29) is 5.82 Å². The van der Waals surface area contributed by atoms with Crippen LogP contribution in [0.2, 0.25) is 0 Å². The summed E-state index contributed by atoms with van der Waals surface area (Å²) in [5.74, 6) is 0.378. The van der Waals surface area contributed by atoms with Gasteiger partial charge < -0.3 is 4.42 Å². The second-order valence-electron chi connectivity index (χ2n) is 7.78. The van der Waals surface area contributed by atoms with Gasteiger partial charge in [-0.15, -0.1) is 0 Å². The van der Waals surface area contributed by atoms with Crippen molar-refractivity contribution >= 4 is 21.9 Å². The monoisotopic (exact) mass is 415 g/mol. The molecule has 0 radical (unpaired) electrons. The molecule has 3 heteroatoms. The van der Waals surface area contributed by atoms with E-state index in [4.69, 9.17) is 9.40 Å². The summed E-state index contributed by atoms with van der Waals surface area (Å²) in [6.45, 7) is 0. The average Bonchev–Trinajstić information content (AvgIpc) is 3.27. The van der Waals surface area contributed by atoms with Gasteiger partial charge in [-0.05, 0) is 69.4 Å². The van der Waals surface area contributed by atoms with E-state index in [1.807, 2.05) is 54.6 Å². The number of aromatic nitrogens is 1. The third-order valence-corrected chi connectivity index (χ3v) is 5.78. The molecule has 0 spiro atoms. The summed E-state index contributed by atoms with van der Waals surface area (Å²) in [6, 6.07) is 35.2. The number of rotatable bonds is 3. The standard InChI is InChI=1S/C29H18FNO/c30-22-10-6-8-20(18-22)19-7-5-9-21(17-19)23-15-16-26(25-12-2-1-11-24(23)25)29-31-27-13-3-4-14-28(27)32-29/h1-18H. The van der Waals surface area contributed by atoms with E-state index in [9.17, 15) is 4.39 Å². The lowest BCUT2D eigenvalue weighted by atomic mass is 9.93. The predicted octanol–water partition coefficient (Wildman–Crippen LogP) is 8.12. The van der Waals surface area contributed by atoms with E-state index in [0.29, 0.717) is 5.89 Å². The van der Waals surface area contributed by atoms with Gasteiger partial charge in [-0.1, -0.05) is 72.8 Å². The molecule has 0 unspecified atom stereocenters. The minimum atomic E-state index is -0.235. The van der Waals surface area contributed by atoms with E-state index < -0.39 is 0 Å². The first-order valence-corrected chi connectivity index (χ1v) is 10.5. The van der Waals surface area contributed by atoms with Crippen molar-refractivity contribution in [3.8, 4) is 33.7 Å². The van der Waals surface area contributed by atoms with E-state index in [1.165, 1.54) is 6.07 Å². The quantitative estimate of drug-likeness (QED) is 0.292. The van der Waals surface area contributed by atoms with Gasteiger partial charge in [0.2, 0.25) is 5.89 Å². The van der Waals surface area contributed by atoms with E-state index in [1.54, 1.807) is 12.1 Å². The summed E-state index contributed by atoms with van der Waals surface area (Å²) in [4.78, 5) is 4.70. The molecule has 1 aromatic heterocycles. The Morgan fingerprint density at radius 2 is 1.22 bits per heavy atom. The Morgan fingerprint density at radius 1 is 0.562 bits per heavy atom. The molecule has 0 aliphatic rings. The zero-order chi connectivity index (χ0) is 21.5. The number of oxazole rings is 1.